The Hall–Kier alpha value is -0.780. The van der Waals surface area contributed by atoms with Crippen molar-refractivity contribution in [3.05, 3.63) is 27.8 Å². The van der Waals surface area contributed by atoms with E-state index in [-0.39, 0.29) is 5.97 Å². The van der Waals surface area contributed by atoms with Gasteiger partial charge in [-0.15, -0.1) is 0 Å². The van der Waals surface area contributed by atoms with Gasteiger partial charge >= 0.3 is 5.97 Å². The minimum Gasteiger partial charge on any atom is -0.479 e. The second-order valence-corrected chi connectivity index (χ2v) is 4.21. The van der Waals surface area contributed by atoms with Crippen LogP contribution in [0.1, 0.15) is 13.8 Å². The molecule has 0 radical (unpaired) electrons. The minimum absolute atomic E-state index is 0.337. The molecule has 0 bridgehead atoms. The standard InChI is InChI=1S/C11H13IO3/c1-3-14-11(13)8(2)15-10-6-4-9(12)5-7-10/h4-8H,3H2,1-2H3. The Labute approximate surface area is 103 Å². The summed E-state index contributed by atoms with van der Waals surface area (Å²) in [4.78, 5) is 11.3. The highest BCUT2D eigenvalue weighted by molar-refractivity contribution is 14.1. The summed E-state index contributed by atoms with van der Waals surface area (Å²) in [5, 5.41) is 0. The Bertz CT molecular complexity index is 321. The van der Waals surface area contributed by atoms with E-state index in [0.717, 1.165) is 3.57 Å². The number of rotatable bonds is 4. The lowest BCUT2D eigenvalue weighted by molar-refractivity contribution is -0.150. The van der Waals surface area contributed by atoms with Gasteiger partial charge in [0, 0.05) is 3.57 Å². The van der Waals surface area contributed by atoms with Crippen molar-refractivity contribution in [1.82, 2.24) is 0 Å². The summed E-state index contributed by atoms with van der Waals surface area (Å²) in [5.74, 6) is 0.340. The van der Waals surface area contributed by atoms with Gasteiger partial charge in [-0.25, -0.2) is 4.79 Å². The van der Waals surface area contributed by atoms with Crippen LogP contribution in [-0.4, -0.2) is 18.7 Å². The fraction of sp³-hybridized carbons (Fsp3) is 0.364. The molecule has 0 amide bonds. The van der Waals surface area contributed by atoms with Gasteiger partial charge in [-0.1, -0.05) is 0 Å². The number of carbonyl (C=O) groups excluding carboxylic acids is 1. The Morgan fingerprint density at radius 2 is 2.00 bits per heavy atom. The van der Waals surface area contributed by atoms with Crippen LogP contribution in [0, 0.1) is 3.57 Å². The second kappa shape index (κ2) is 5.95. The van der Waals surface area contributed by atoms with Crippen LogP contribution in [0.4, 0.5) is 0 Å². The maximum Gasteiger partial charge on any atom is 0.347 e. The normalized spacial score (nSPS) is 11.9. The first-order chi connectivity index (χ1) is 7.13. The first-order valence-corrected chi connectivity index (χ1v) is 5.80. The molecule has 82 valence electrons. The number of benzene rings is 1. The van der Waals surface area contributed by atoms with Gasteiger partial charge in [-0.05, 0) is 60.7 Å². The smallest absolute Gasteiger partial charge is 0.347 e. The van der Waals surface area contributed by atoms with Crippen molar-refractivity contribution < 1.29 is 14.3 Å². The van der Waals surface area contributed by atoms with Crippen LogP contribution in [0.15, 0.2) is 24.3 Å². The van der Waals surface area contributed by atoms with Gasteiger partial charge in [0.15, 0.2) is 6.10 Å². The largest absolute Gasteiger partial charge is 0.479 e. The molecule has 0 N–H and O–H groups in total. The lowest BCUT2D eigenvalue weighted by atomic mass is 10.3. The van der Waals surface area contributed by atoms with E-state index in [1.807, 2.05) is 24.3 Å². The fourth-order valence-electron chi connectivity index (χ4n) is 1.03. The Morgan fingerprint density at radius 1 is 1.40 bits per heavy atom. The van der Waals surface area contributed by atoms with Crippen LogP contribution in [0.2, 0.25) is 0 Å². The quantitative estimate of drug-likeness (QED) is 0.632. The van der Waals surface area contributed by atoms with Crippen LogP contribution in [0.25, 0.3) is 0 Å². The summed E-state index contributed by atoms with van der Waals surface area (Å²) < 4.78 is 11.4. The zero-order chi connectivity index (χ0) is 11.3. The number of carbonyl (C=O) groups is 1. The molecule has 1 aromatic rings. The van der Waals surface area contributed by atoms with Gasteiger partial charge in [0.05, 0.1) is 6.61 Å². The summed E-state index contributed by atoms with van der Waals surface area (Å²) in [5.41, 5.74) is 0. The van der Waals surface area contributed by atoms with E-state index in [1.165, 1.54) is 0 Å². The number of hydrogen-bond acceptors (Lipinski definition) is 3. The van der Waals surface area contributed by atoms with Gasteiger partial charge in [0.1, 0.15) is 5.75 Å². The average Bonchev–Trinajstić information content (AvgIpc) is 2.22. The fourth-order valence-corrected chi connectivity index (χ4v) is 1.38. The zero-order valence-electron chi connectivity index (χ0n) is 8.70. The van der Waals surface area contributed by atoms with Gasteiger partial charge in [-0.2, -0.15) is 0 Å². The maximum absolute atomic E-state index is 11.3. The van der Waals surface area contributed by atoms with Crippen LogP contribution in [-0.2, 0) is 9.53 Å². The molecule has 0 heterocycles. The summed E-state index contributed by atoms with van der Waals surface area (Å²) in [7, 11) is 0. The third kappa shape index (κ3) is 4.07. The highest BCUT2D eigenvalue weighted by Gasteiger charge is 2.15. The average molecular weight is 320 g/mol. The molecule has 0 aromatic heterocycles. The topological polar surface area (TPSA) is 35.5 Å². The molecule has 0 spiro atoms. The molecule has 1 unspecified atom stereocenters. The summed E-state index contributed by atoms with van der Waals surface area (Å²) in [6.07, 6.45) is -0.565. The molecule has 4 heteroatoms. The second-order valence-electron chi connectivity index (χ2n) is 2.97. The Morgan fingerprint density at radius 3 is 2.53 bits per heavy atom. The molecule has 0 fully saturated rings. The molecule has 15 heavy (non-hydrogen) atoms. The van der Waals surface area contributed by atoms with Crippen molar-refractivity contribution in [1.29, 1.82) is 0 Å². The lowest BCUT2D eigenvalue weighted by Crippen LogP contribution is -2.25. The summed E-state index contributed by atoms with van der Waals surface area (Å²) in [6.45, 7) is 3.82. The Balaban J connectivity index is 2.54. The SMILES string of the molecule is CCOC(=O)C(C)Oc1ccc(I)cc1. The predicted molar refractivity (Wildman–Crippen MR) is 65.9 cm³/mol. The van der Waals surface area contributed by atoms with Crippen molar-refractivity contribution in [3.8, 4) is 5.75 Å². The van der Waals surface area contributed by atoms with Gasteiger partial charge in [0.2, 0.25) is 0 Å². The molecule has 3 nitrogen and oxygen atoms in total. The van der Waals surface area contributed by atoms with E-state index in [1.54, 1.807) is 13.8 Å². The number of ether oxygens (including phenoxy) is 2. The number of hydrogen-bond donors (Lipinski definition) is 0. The van der Waals surface area contributed by atoms with E-state index in [9.17, 15) is 4.79 Å². The molecule has 0 saturated carbocycles. The van der Waals surface area contributed by atoms with E-state index in [2.05, 4.69) is 22.6 Å². The van der Waals surface area contributed by atoms with E-state index >= 15 is 0 Å². The third-order valence-corrected chi connectivity index (χ3v) is 2.46. The molecule has 0 aliphatic heterocycles. The minimum atomic E-state index is -0.565. The summed E-state index contributed by atoms with van der Waals surface area (Å²) >= 11 is 2.21. The first-order valence-electron chi connectivity index (χ1n) is 4.72. The zero-order valence-corrected chi connectivity index (χ0v) is 10.9. The van der Waals surface area contributed by atoms with Crippen molar-refractivity contribution in [3.63, 3.8) is 0 Å². The van der Waals surface area contributed by atoms with E-state index < -0.39 is 6.10 Å². The van der Waals surface area contributed by atoms with Gasteiger partial charge < -0.3 is 9.47 Å². The van der Waals surface area contributed by atoms with Crippen LogP contribution >= 0.6 is 22.6 Å². The Kier molecular flexibility index (Phi) is 4.87. The van der Waals surface area contributed by atoms with Crippen LogP contribution < -0.4 is 4.74 Å². The van der Waals surface area contributed by atoms with Gasteiger partial charge in [0.25, 0.3) is 0 Å². The lowest BCUT2D eigenvalue weighted by Gasteiger charge is -2.13. The first kappa shape index (κ1) is 12.3. The van der Waals surface area contributed by atoms with Crippen molar-refractivity contribution in [2.75, 3.05) is 6.61 Å². The molecular weight excluding hydrogens is 307 g/mol. The number of halogens is 1. The highest BCUT2D eigenvalue weighted by atomic mass is 127. The van der Waals surface area contributed by atoms with E-state index in [4.69, 9.17) is 9.47 Å². The van der Waals surface area contributed by atoms with Crippen LogP contribution in [0.5, 0.6) is 5.75 Å². The highest BCUT2D eigenvalue weighted by Crippen LogP contribution is 2.15. The molecule has 0 aliphatic rings. The van der Waals surface area contributed by atoms with Crippen molar-refractivity contribution >= 4 is 28.6 Å². The predicted octanol–water partition coefficient (Wildman–Crippen LogP) is 2.62. The maximum atomic E-state index is 11.3. The molecule has 0 aliphatic carbocycles. The van der Waals surface area contributed by atoms with Crippen LogP contribution in [0.3, 0.4) is 0 Å². The summed E-state index contributed by atoms with van der Waals surface area (Å²) in [6, 6.07) is 7.51. The molecule has 1 aromatic carbocycles. The monoisotopic (exact) mass is 320 g/mol. The number of esters is 1. The molecular formula is C11H13IO3. The third-order valence-electron chi connectivity index (χ3n) is 1.75. The molecule has 1 atom stereocenters. The molecule has 0 saturated heterocycles. The van der Waals surface area contributed by atoms with Crippen molar-refractivity contribution in [2.24, 2.45) is 0 Å². The molecule has 1 rings (SSSR count). The van der Waals surface area contributed by atoms with E-state index in [0.29, 0.717) is 12.4 Å². The van der Waals surface area contributed by atoms with Gasteiger partial charge in [-0.3, -0.25) is 0 Å². The van der Waals surface area contributed by atoms with Crippen molar-refractivity contribution in [2.45, 2.75) is 20.0 Å².